The number of sulfonamides is 1. The van der Waals surface area contributed by atoms with Crippen LogP contribution in [-0.4, -0.2) is 56.6 Å². The summed E-state index contributed by atoms with van der Waals surface area (Å²) in [4.78, 5) is 6.19. The van der Waals surface area contributed by atoms with Gasteiger partial charge in [-0.2, -0.15) is 5.10 Å². The minimum Gasteiger partial charge on any atom is -0.356 e. The van der Waals surface area contributed by atoms with E-state index in [0.29, 0.717) is 29.3 Å². The van der Waals surface area contributed by atoms with Crippen molar-refractivity contribution in [2.24, 2.45) is 0 Å². The number of aromatic amines is 1. The molecule has 1 fully saturated rings. The molecule has 1 aliphatic heterocycles. The van der Waals surface area contributed by atoms with E-state index in [9.17, 15) is 16.8 Å². The van der Waals surface area contributed by atoms with Gasteiger partial charge in [-0.25, -0.2) is 21.8 Å². The van der Waals surface area contributed by atoms with Gasteiger partial charge in [0.25, 0.3) is 10.0 Å². The molecule has 9 nitrogen and oxygen atoms in total. The number of sulfone groups is 1. The minimum atomic E-state index is -3.77. The second-order valence-corrected chi connectivity index (χ2v) is 10.3. The van der Waals surface area contributed by atoms with E-state index in [4.69, 9.17) is 0 Å². The Morgan fingerprint density at radius 2 is 2.04 bits per heavy atom. The molecule has 1 unspecified atom stereocenters. The van der Waals surface area contributed by atoms with Gasteiger partial charge in [-0.3, -0.25) is 9.82 Å². The SMILES string of the molecule is Cc1n[nH]c(C)c1S(=O)(=O)Nc1ccc(N(C)C2CCS(=O)(=O)C2)nc1. The summed E-state index contributed by atoms with van der Waals surface area (Å²) in [6.45, 7) is 3.25. The van der Waals surface area contributed by atoms with Crippen molar-refractivity contribution in [2.75, 3.05) is 28.2 Å². The van der Waals surface area contributed by atoms with Crippen molar-refractivity contribution in [2.45, 2.75) is 31.2 Å². The highest BCUT2D eigenvalue weighted by molar-refractivity contribution is 7.92. The first-order valence-corrected chi connectivity index (χ1v) is 11.3. The fraction of sp³-hybridized carbons (Fsp3) is 0.467. The highest BCUT2D eigenvalue weighted by atomic mass is 32.2. The van der Waals surface area contributed by atoms with Gasteiger partial charge in [0, 0.05) is 13.1 Å². The molecule has 11 heteroatoms. The summed E-state index contributed by atoms with van der Waals surface area (Å²) in [6.07, 6.45) is 1.98. The number of aryl methyl sites for hydroxylation is 2. The van der Waals surface area contributed by atoms with Gasteiger partial charge in [0.2, 0.25) is 0 Å². The number of anilines is 2. The van der Waals surface area contributed by atoms with E-state index in [2.05, 4.69) is 19.9 Å². The summed E-state index contributed by atoms with van der Waals surface area (Å²) >= 11 is 0. The summed E-state index contributed by atoms with van der Waals surface area (Å²) in [5.41, 5.74) is 1.17. The molecule has 0 bridgehead atoms. The Labute approximate surface area is 152 Å². The number of rotatable bonds is 5. The van der Waals surface area contributed by atoms with Crippen LogP contribution in [0.25, 0.3) is 0 Å². The first-order chi connectivity index (χ1) is 12.1. The fourth-order valence-electron chi connectivity index (χ4n) is 3.07. The average Bonchev–Trinajstić information content (AvgIpc) is 3.09. The molecule has 2 aromatic heterocycles. The lowest BCUT2D eigenvalue weighted by Gasteiger charge is -2.24. The molecule has 1 atom stereocenters. The maximum Gasteiger partial charge on any atom is 0.265 e. The molecular weight excluding hydrogens is 378 g/mol. The van der Waals surface area contributed by atoms with E-state index in [1.165, 1.54) is 6.20 Å². The molecule has 1 saturated heterocycles. The summed E-state index contributed by atoms with van der Waals surface area (Å²) in [6, 6.07) is 3.15. The number of nitrogens with zero attached hydrogens (tertiary/aromatic N) is 3. The van der Waals surface area contributed by atoms with Crippen molar-refractivity contribution in [3.63, 3.8) is 0 Å². The molecule has 0 aromatic carbocycles. The van der Waals surface area contributed by atoms with E-state index in [0.717, 1.165) is 0 Å². The van der Waals surface area contributed by atoms with Crippen molar-refractivity contribution in [1.29, 1.82) is 0 Å². The zero-order valence-corrected chi connectivity index (χ0v) is 16.4. The smallest absolute Gasteiger partial charge is 0.265 e. The number of hydrogen-bond acceptors (Lipinski definition) is 7. The summed E-state index contributed by atoms with van der Waals surface area (Å²) in [5, 5.41) is 6.55. The predicted octanol–water partition coefficient (Wildman–Crippen LogP) is 0.846. The molecule has 1 aliphatic rings. The van der Waals surface area contributed by atoms with Crippen LogP contribution in [-0.2, 0) is 19.9 Å². The third-order valence-corrected chi connectivity index (χ3v) is 7.84. The third-order valence-electron chi connectivity index (χ3n) is 4.45. The van der Waals surface area contributed by atoms with Gasteiger partial charge in [-0.05, 0) is 32.4 Å². The molecule has 0 radical (unpaired) electrons. The van der Waals surface area contributed by atoms with Gasteiger partial charge >= 0.3 is 0 Å². The second-order valence-electron chi connectivity index (χ2n) is 6.44. The number of pyridine rings is 1. The Morgan fingerprint density at radius 3 is 2.54 bits per heavy atom. The van der Waals surface area contributed by atoms with Crippen LogP contribution in [0.3, 0.4) is 0 Å². The number of nitrogens with one attached hydrogen (secondary N) is 2. The molecule has 3 heterocycles. The normalized spacial score (nSPS) is 19.4. The van der Waals surface area contributed by atoms with Gasteiger partial charge in [-0.15, -0.1) is 0 Å². The number of aromatic nitrogens is 3. The van der Waals surface area contributed by atoms with E-state index in [1.807, 2.05) is 4.90 Å². The zero-order chi connectivity index (χ0) is 19.1. The van der Waals surface area contributed by atoms with Crippen LogP contribution in [0.15, 0.2) is 23.2 Å². The van der Waals surface area contributed by atoms with Gasteiger partial charge < -0.3 is 4.90 Å². The maximum atomic E-state index is 12.5. The Morgan fingerprint density at radius 1 is 1.31 bits per heavy atom. The molecule has 142 valence electrons. The van der Waals surface area contributed by atoms with E-state index < -0.39 is 19.9 Å². The van der Waals surface area contributed by atoms with Crippen molar-refractivity contribution < 1.29 is 16.8 Å². The lowest BCUT2D eigenvalue weighted by molar-refractivity contribution is 0.598. The molecule has 3 rings (SSSR count). The molecule has 26 heavy (non-hydrogen) atoms. The Hall–Kier alpha value is -2.14. The maximum absolute atomic E-state index is 12.5. The van der Waals surface area contributed by atoms with E-state index in [1.54, 1.807) is 33.0 Å². The summed E-state index contributed by atoms with van der Waals surface area (Å²) in [7, 11) is -4.97. The number of hydrogen-bond donors (Lipinski definition) is 2. The predicted molar refractivity (Wildman–Crippen MR) is 98.6 cm³/mol. The third kappa shape index (κ3) is 3.68. The largest absolute Gasteiger partial charge is 0.356 e. The average molecular weight is 399 g/mol. The molecule has 2 aromatic rings. The van der Waals surface area contributed by atoms with Crippen molar-refractivity contribution >= 4 is 31.4 Å². The van der Waals surface area contributed by atoms with Crippen LogP contribution < -0.4 is 9.62 Å². The van der Waals surface area contributed by atoms with Gasteiger partial charge in [0.05, 0.1) is 34.8 Å². The fourth-order valence-corrected chi connectivity index (χ4v) is 6.26. The number of H-pyrrole nitrogens is 1. The van der Waals surface area contributed by atoms with Crippen LogP contribution >= 0.6 is 0 Å². The van der Waals surface area contributed by atoms with Crippen molar-refractivity contribution in [3.8, 4) is 0 Å². The van der Waals surface area contributed by atoms with Gasteiger partial charge in [0.1, 0.15) is 10.7 Å². The highest BCUT2D eigenvalue weighted by Crippen LogP contribution is 2.24. The first kappa shape index (κ1) is 18.6. The minimum absolute atomic E-state index is 0.110. The lowest BCUT2D eigenvalue weighted by Crippen LogP contribution is -2.33. The monoisotopic (exact) mass is 399 g/mol. The summed E-state index contributed by atoms with van der Waals surface area (Å²) in [5.74, 6) is 0.882. The van der Waals surface area contributed by atoms with Crippen LogP contribution in [0.5, 0.6) is 0 Å². The Kier molecular flexibility index (Phi) is 4.69. The van der Waals surface area contributed by atoms with Crippen molar-refractivity contribution in [1.82, 2.24) is 15.2 Å². The Balaban J connectivity index is 1.76. The van der Waals surface area contributed by atoms with E-state index >= 15 is 0 Å². The first-order valence-electron chi connectivity index (χ1n) is 8.03. The zero-order valence-electron chi connectivity index (χ0n) is 14.7. The van der Waals surface area contributed by atoms with Gasteiger partial charge in [0.15, 0.2) is 9.84 Å². The van der Waals surface area contributed by atoms with Crippen LogP contribution in [0, 0.1) is 13.8 Å². The summed E-state index contributed by atoms with van der Waals surface area (Å²) < 4.78 is 50.8. The molecule has 2 N–H and O–H groups in total. The van der Waals surface area contributed by atoms with Gasteiger partial charge in [-0.1, -0.05) is 0 Å². The van der Waals surface area contributed by atoms with E-state index in [-0.39, 0.29) is 22.4 Å². The quantitative estimate of drug-likeness (QED) is 0.763. The van der Waals surface area contributed by atoms with Crippen LogP contribution in [0.2, 0.25) is 0 Å². The second kappa shape index (κ2) is 6.54. The molecule has 0 aliphatic carbocycles. The Bertz CT molecular complexity index is 993. The highest BCUT2D eigenvalue weighted by Gasteiger charge is 2.31. The topological polar surface area (TPSA) is 125 Å². The standard InChI is InChI=1S/C15H21N5O4S2/c1-10-15(11(2)18-17-10)26(23,24)19-12-4-5-14(16-8-12)20(3)13-6-7-25(21,22)9-13/h4-5,8,13,19H,6-7,9H2,1-3H3,(H,17,18). The van der Waals surface area contributed by atoms with Crippen molar-refractivity contribution in [3.05, 3.63) is 29.7 Å². The lowest BCUT2D eigenvalue weighted by atomic mass is 10.2. The van der Waals surface area contributed by atoms with Crippen LogP contribution in [0.4, 0.5) is 11.5 Å². The molecular formula is C15H21N5O4S2. The van der Waals surface area contributed by atoms with Crippen LogP contribution in [0.1, 0.15) is 17.8 Å². The molecule has 0 spiro atoms. The molecule has 0 saturated carbocycles. The molecule has 0 amide bonds.